The van der Waals surface area contributed by atoms with E-state index < -0.39 is 38.6 Å². The smallest absolute Gasteiger partial charge is 0.322 e. The zero-order chi connectivity index (χ0) is 15.1. The van der Waals surface area contributed by atoms with Crippen molar-refractivity contribution in [2.45, 2.75) is 23.8 Å². The van der Waals surface area contributed by atoms with Crippen molar-refractivity contribution in [1.29, 1.82) is 0 Å². The van der Waals surface area contributed by atoms with E-state index in [9.17, 15) is 22.0 Å². The molecule has 0 aliphatic carbocycles. The van der Waals surface area contributed by atoms with Crippen molar-refractivity contribution >= 4 is 31.9 Å². The van der Waals surface area contributed by atoms with Gasteiger partial charge in [-0.1, -0.05) is 0 Å². The highest BCUT2D eigenvalue weighted by Crippen LogP contribution is 2.30. The second-order valence-corrected chi connectivity index (χ2v) is 7.02. The molecule has 110 valence electrons. The Balaban J connectivity index is 2.50. The van der Waals surface area contributed by atoms with Gasteiger partial charge in [0.1, 0.15) is 22.6 Å². The molecule has 1 fully saturated rings. The number of benzene rings is 1. The molecular formula is C11H10BrF2NO4S. The Morgan fingerprint density at radius 2 is 2.00 bits per heavy atom. The van der Waals surface area contributed by atoms with Gasteiger partial charge in [0, 0.05) is 12.6 Å². The molecular weight excluding hydrogens is 360 g/mol. The van der Waals surface area contributed by atoms with E-state index in [1.165, 1.54) is 0 Å². The van der Waals surface area contributed by atoms with Crippen LogP contribution >= 0.6 is 15.9 Å². The van der Waals surface area contributed by atoms with E-state index in [-0.39, 0.29) is 17.4 Å². The van der Waals surface area contributed by atoms with Gasteiger partial charge in [-0.05, 0) is 34.8 Å². The predicted octanol–water partition coefficient (Wildman–Crippen LogP) is 1.97. The van der Waals surface area contributed by atoms with Gasteiger partial charge in [0.2, 0.25) is 10.0 Å². The summed E-state index contributed by atoms with van der Waals surface area (Å²) >= 11 is 2.78. The molecule has 0 amide bonds. The van der Waals surface area contributed by atoms with Crippen LogP contribution in [0.3, 0.4) is 0 Å². The highest BCUT2D eigenvalue weighted by Gasteiger charge is 2.40. The third-order valence-corrected chi connectivity index (χ3v) is 5.58. The Morgan fingerprint density at radius 1 is 1.35 bits per heavy atom. The molecule has 1 aliphatic rings. The molecule has 0 aromatic heterocycles. The number of carbonyl (C=O) groups is 1. The molecule has 9 heteroatoms. The fourth-order valence-electron chi connectivity index (χ4n) is 2.10. The SMILES string of the molecule is O=C(O)[C@H]1CCCN1S(=O)(=O)c1cc(Br)c(F)cc1F. The van der Waals surface area contributed by atoms with Crippen molar-refractivity contribution < 1.29 is 27.1 Å². The first-order valence-corrected chi connectivity index (χ1v) is 7.87. The largest absolute Gasteiger partial charge is 0.480 e. The summed E-state index contributed by atoms with van der Waals surface area (Å²) < 4.78 is 52.0. The van der Waals surface area contributed by atoms with E-state index in [1.807, 2.05) is 0 Å². The van der Waals surface area contributed by atoms with Gasteiger partial charge in [0.05, 0.1) is 4.47 Å². The van der Waals surface area contributed by atoms with Crippen molar-refractivity contribution in [3.63, 3.8) is 0 Å². The quantitative estimate of drug-likeness (QED) is 0.826. The van der Waals surface area contributed by atoms with Crippen LogP contribution in [0.4, 0.5) is 8.78 Å². The van der Waals surface area contributed by atoms with Gasteiger partial charge in [0.15, 0.2) is 0 Å². The van der Waals surface area contributed by atoms with Gasteiger partial charge < -0.3 is 5.11 Å². The molecule has 1 heterocycles. The number of halogens is 3. The average molecular weight is 370 g/mol. The van der Waals surface area contributed by atoms with Crippen LogP contribution in [0.1, 0.15) is 12.8 Å². The van der Waals surface area contributed by atoms with Crippen molar-refractivity contribution in [3.8, 4) is 0 Å². The molecule has 1 saturated heterocycles. The van der Waals surface area contributed by atoms with Crippen molar-refractivity contribution in [3.05, 3.63) is 28.2 Å². The first-order chi connectivity index (χ1) is 9.25. The second kappa shape index (κ2) is 5.38. The van der Waals surface area contributed by atoms with E-state index in [4.69, 9.17) is 5.11 Å². The van der Waals surface area contributed by atoms with Crippen LogP contribution < -0.4 is 0 Å². The minimum absolute atomic E-state index is 0.00621. The van der Waals surface area contributed by atoms with E-state index in [1.54, 1.807) is 0 Å². The maximum Gasteiger partial charge on any atom is 0.322 e. The van der Waals surface area contributed by atoms with Gasteiger partial charge in [-0.2, -0.15) is 4.31 Å². The van der Waals surface area contributed by atoms with Crippen molar-refractivity contribution in [1.82, 2.24) is 4.31 Å². The van der Waals surface area contributed by atoms with Crippen molar-refractivity contribution in [2.75, 3.05) is 6.54 Å². The number of nitrogens with zero attached hydrogens (tertiary/aromatic N) is 1. The topological polar surface area (TPSA) is 74.7 Å². The number of hydrogen-bond acceptors (Lipinski definition) is 3. The maximum absolute atomic E-state index is 13.7. The summed E-state index contributed by atoms with van der Waals surface area (Å²) in [6.07, 6.45) is 0.540. The van der Waals surface area contributed by atoms with Crippen LogP contribution in [-0.2, 0) is 14.8 Å². The highest BCUT2D eigenvalue weighted by atomic mass is 79.9. The Kier molecular flexibility index (Phi) is 4.12. The van der Waals surface area contributed by atoms with E-state index in [2.05, 4.69) is 15.9 Å². The normalized spacial score (nSPS) is 20.2. The first kappa shape index (κ1) is 15.3. The van der Waals surface area contributed by atoms with E-state index >= 15 is 0 Å². The summed E-state index contributed by atoms with van der Waals surface area (Å²) in [5.74, 6) is -3.47. The minimum Gasteiger partial charge on any atom is -0.480 e. The number of hydrogen-bond donors (Lipinski definition) is 1. The summed E-state index contributed by atoms with van der Waals surface area (Å²) in [7, 11) is -4.32. The molecule has 0 bridgehead atoms. The molecule has 0 spiro atoms. The number of carboxylic acid groups (broad SMARTS) is 1. The molecule has 1 N–H and O–H groups in total. The van der Waals surface area contributed by atoms with Crippen LogP contribution in [0.5, 0.6) is 0 Å². The van der Waals surface area contributed by atoms with Crippen LogP contribution in [0.25, 0.3) is 0 Å². The Labute approximate surface area is 122 Å². The Hall–Kier alpha value is -1.06. The lowest BCUT2D eigenvalue weighted by Crippen LogP contribution is -2.40. The molecule has 2 rings (SSSR count). The van der Waals surface area contributed by atoms with E-state index in [0.717, 1.165) is 10.4 Å². The predicted molar refractivity (Wildman–Crippen MR) is 68.6 cm³/mol. The van der Waals surface area contributed by atoms with Gasteiger partial charge in [-0.25, -0.2) is 17.2 Å². The summed E-state index contributed by atoms with van der Waals surface area (Å²) in [5.41, 5.74) is 0. The van der Waals surface area contributed by atoms with Crippen molar-refractivity contribution in [2.24, 2.45) is 0 Å². The van der Waals surface area contributed by atoms with Crippen LogP contribution in [0, 0.1) is 11.6 Å². The third kappa shape index (κ3) is 2.57. The first-order valence-electron chi connectivity index (χ1n) is 5.64. The number of rotatable bonds is 3. The lowest BCUT2D eigenvalue weighted by Gasteiger charge is -2.21. The molecule has 1 aromatic carbocycles. The standard InChI is InChI=1S/C11H10BrF2NO4S/c12-6-4-10(8(14)5-7(6)13)20(18,19)15-3-1-2-9(15)11(16)17/h4-5,9H,1-3H2,(H,16,17)/t9-/m1/s1. The summed E-state index contributed by atoms with van der Waals surface area (Å²) in [5, 5.41) is 8.99. The summed E-state index contributed by atoms with van der Waals surface area (Å²) in [6.45, 7) is -0.00621. The number of aliphatic carboxylic acids is 1. The zero-order valence-corrected chi connectivity index (χ0v) is 12.4. The molecule has 0 unspecified atom stereocenters. The second-order valence-electron chi connectivity index (χ2n) is 4.31. The lowest BCUT2D eigenvalue weighted by atomic mass is 10.2. The number of sulfonamides is 1. The van der Waals surface area contributed by atoms with Gasteiger partial charge in [0.25, 0.3) is 0 Å². The lowest BCUT2D eigenvalue weighted by molar-refractivity contribution is -0.140. The fourth-order valence-corrected chi connectivity index (χ4v) is 4.32. The number of carboxylic acids is 1. The molecule has 5 nitrogen and oxygen atoms in total. The van der Waals surface area contributed by atoms with Crippen LogP contribution in [0.2, 0.25) is 0 Å². The molecule has 1 atom stereocenters. The monoisotopic (exact) mass is 369 g/mol. The minimum atomic E-state index is -4.32. The fraction of sp³-hybridized carbons (Fsp3) is 0.364. The maximum atomic E-state index is 13.7. The summed E-state index contributed by atoms with van der Waals surface area (Å²) in [4.78, 5) is 10.3. The van der Waals surface area contributed by atoms with Gasteiger partial charge in [-0.3, -0.25) is 4.79 Å². The third-order valence-electron chi connectivity index (χ3n) is 3.05. The van der Waals surface area contributed by atoms with Crippen LogP contribution in [0.15, 0.2) is 21.5 Å². The van der Waals surface area contributed by atoms with Crippen LogP contribution in [-0.4, -0.2) is 36.4 Å². The molecule has 0 radical (unpaired) electrons. The zero-order valence-electron chi connectivity index (χ0n) is 10.0. The summed E-state index contributed by atoms with van der Waals surface area (Å²) in [6, 6.07) is 0.0308. The molecule has 0 saturated carbocycles. The van der Waals surface area contributed by atoms with Gasteiger partial charge >= 0.3 is 5.97 Å². The molecule has 1 aliphatic heterocycles. The molecule has 1 aromatic rings. The Bertz CT molecular complexity index is 665. The van der Waals surface area contributed by atoms with Gasteiger partial charge in [-0.15, -0.1) is 0 Å². The highest BCUT2D eigenvalue weighted by molar-refractivity contribution is 9.10. The molecule has 20 heavy (non-hydrogen) atoms. The average Bonchev–Trinajstić information content (AvgIpc) is 2.83. The van der Waals surface area contributed by atoms with E-state index in [0.29, 0.717) is 12.5 Å². The Morgan fingerprint density at radius 3 is 2.60 bits per heavy atom.